The Bertz CT molecular complexity index is 6040. The van der Waals surface area contributed by atoms with Crippen molar-refractivity contribution >= 4 is 168 Å². The number of nitrogens with one attached hydrogen (secondary N) is 4. The van der Waals surface area contributed by atoms with Crippen LogP contribution in [0.5, 0.6) is 0 Å². The maximum Gasteiger partial charge on any atom is 0.261 e. The molecule has 0 atom stereocenters. The summed E-state index contributed by atoms with van der Waals surface area (Å²) < 4.78 is 151. The van der Waals surface area contributed by atoms with Gasteiger partial charge in [-0.25, -0.2) is 59.3 Å². The monoisotopic (exact) mass is 1680 g/mol. The molecule has 0 spiro atoms. The van der Waals surface area contributed by atoms with E-state index in [1.54, 1.807) is 134 Å². The topological polar surface area (TPSA) is 371 Å². The van der Waals surface area contributed by atoms with Gasteiger partial charge in [0.2, 0.25) is 40.1 Å². The maximum atomic E-state index is 13.0. The number of anilines is 8. The fraction of sp³-hybridized carbons (Fsp3) is 0.148. The number of aromatic nitrogens is 4. The van der Waals surface area contributed by atoms with Crippen molar-refractivity contribution in [1.82, 2.24) is 19.9 Å². The number of halogens is 1. The maximum absolute atomic E-state index is 13.0. The lowest BCUT2D eigenvalue weighted by molar-refractivity contribution is 0.101. The van der Waals surface area contributed by atoms with Crippen LogP contribution in [0.15, 0.2) is 267 Å². The first-order chi connectivity index (χ1) is 55.8. The van der Waals surface area contributed by atoms with E-state index in [2.05, 4.69) is 40.6 Å². The summed E-state index contributed by atoms with van der Waals surface area (Å²) in [6, 6.07) is 63.5. The van der Waals surface area contributed by atoms with Crippen molar-refractivity contribution in [2.45, 2.75) is 4.90 Å². The molecule has 4 fully saturated rings. The highest BCUT2D eigenvalue weighted by Gasteiger charge is 2.31. The summed E-state index contributed by atoms with van der Waals surface area (Å²) in [5.41, 5.74) is 7.37. The fourth-order valence-electron chi connectivity index (χ4n) is 12.5. The summed E-state index contributed by atoms with van der Waals surface area (Å²) in [6.07, 6.45) is 10.3. The lowest BCUT2D eigenvalue weighted by Crippen LogP contribution is -2.41. The molecule has 29 nitrogen and oxygen atoms in total. The molecule has 0 bridgehead atoms. The van der Waals surface area contributed by atoms with Crippen molar-refractivity contribution in [1.29, 1.82) is 0 Å². The summed E-state index contributed by atoms with van der Waals surface area (Å²) >= 11 is 6.45. The summed E-state index contributed by atoms with van der Waals surface area (Å²) in [5, 5.41) is 15.8. The summed E-state index contributed by atoms with van der Waals surface area (Å²) in [5.74, 6) is -1.10. The van der Waals surface area contributed by atoms with Crippen molar-refractivity contribution in [3.63, 3.8) is 0 Å². The Morgan fingerprint density at radius 3 is 1.27 bits per heavy atom. The Labute approximate surface area is 672 Å². The smallest absolute Gasteiger partial charge is 0.261 e. The zero-order valence-electron chi connectivity index (χ0n) is 61.2. The highest BCUT2D eigenvalue weighted by molar-refractivity contribution is 7.94. The van der Waals surface area contributed by atoms with Gasteiger partial charge in [-0.2, -0.15) is 0 Å². The number of hydrogen-bond acceptors (Lipinski definition) is 21. The van der Waals surface area contributed by atoms with Gasteiger partial charge in [-0.05, 0) is 192 Å². The molecule has 4 aliphatic heterocycles. The number of pyridine rings is 4. The van der Waals surface area contributed by atoms with Gasteiger partial charge in [0.05, 0.1) is 93.3 Å². The lowest BCUT2D eigenvalue weighted by Gasteiger charge is -2.28. The summed E-state index contributed by atoms with van der Waals surface area (Å²) in [4.78, 5) is 54.3. The third-order valence-electron chi connectivity index (χ3n) is 18.6. The second-order valence-corrected chi connectivity index (χ2v) is 36.4. The number of ether oxygens (including phenoxy) is 4. The fourth-order valence-corrected chi connectivity index (χ4v) is 18.6. The number of amides is 3. The van der Waals surface area contributed by atoms with Crippen LogP contribution >= 0.6 is 11.6 Å². The van der Waals surface area contributed by atoms with E-state index in [0.29, 0.717) is 78.5 Å². The Balaban J connectivity index is 0.000000128. The van der Waals surface area contributed by atoms with E-state index < -0.39 is 50.1 Å². The zero-order valence-corrected chi connectivity index (χ0v) is 66.1. The van der Waals surface area contributed by atoms with E-state index >= 15 is 0 Å². The number of nitrogens with zero attached hydrogens (tertiary/aromatic N) is 8. The minimum absolute atomic E-state index is 0.0141. The number of hydrogen-bond donors (Lipinski definition) is 4. The molecule has 4 saturated heterocycles. The third kappa shape index (κ3) is 19.1. The van der Waals surface area contributed by atoms with Gasteiger partial charge in [0, 0.05) is 104 Å². The average Bonchev–Trinajstić information content (AvgIpc) is 0.808. The molecule has 0 radical (unpaired) electrons. The van der Waals surface area contributed by atoms with Crippen molar-refractivity contribution in [2.24, 2.45) is 0 Å². The molecular weight excluding hydrogens is 1610 g/mol. The summed E-state index contributed by atoms with van der Waals surface area (Å²) in [7, 11) is -17.6. The largest absolute Gasteiger partial charge is 0.359 e. The quantitative estimate of drug-likeness (QED) is 0.0785. The van der Waals surface area contributed by atoms with E-state index in [4.69, 9.17) is 30.5 Å². The molecule has 8 heterocycles. The van der Waals surface area contributed by atoms with Crippen LogP contribution in [0.4, 0.5) is 45.5 Å². The van der Waals surface area contributed by atoms with Gasteiger partial charge in [0.25, 0.3) is 27.7 Å². The molecule has 13 aromatic rings. The molecule has 3 amide bonds. The van der Waals surface area contributed by atoms with Crippen molar-refractivity contribution in [2.75, 3.05) is 114 Å². The Hall–Kier alpha value is -12.1. The molecule has 0 saturated carbocycles. The second-order valence-electron chi connectivity index (χ2n) is 26.3. The molecule has 0 unspecified atom stereocenters. The number of sulfonamides is 5. The minimum Gasteiger partial charge on any atom is -0.359 e. The number of carbonyl (C=O) groups is 3. The van der Waals surface area contributed by atoms with Crippen LogP contribution in [0.2, 0.25) is 5.02 Å². The lowest BCUT2D eigenvalue weighted by atomic mass is 10.0. The Morgan fingerprint density at radius 2 is 0.776 bits per heavy atom. The van der Waals surface area contributed by atoms with E-state index in [1.807, 2.05) is 103 Å². The van der Waals surface area contributed by atoms with Gasteiger partial charge in [-0.3, -0.25) is 39.0 Å². The predicted molar refractivity (Wildman–Crippen MR) is 446 cm³/mol. The van der Waals surface area contributed by atoms with Gasteiger partial charge in [0.1, 0.15) is 26.9 Å². The van der Waals surface area contributed by atoms with Crippen molar-refractivity contribution in [3.05, 3.63) is 283 Å². The van der Waals surface area contributed by atoms with Crippen molar-refractivity contribution in [3.8, 4) is 11.3 Å². The summed E-state index contributed by atoms with van der Waals surface area (Å²) in [6.45, 7) is 0.563. The normalized spacial score (nSPS) is 16.1. The predicted octanol–water partition coefficient (Wildman–Crippen LogP) is 12.3. The SMILES string of the molecule is O=C(Nc1ccc2cccnc2c1)c1ccc(N2COCCS2(=O)=O)cc1.O=C(Nc1ccc2ccncc2c1)c1ccc(N2COCCS2(=O)=O)cc1.O=C(Nc1ccc2cnccc2c1)c1ccc(N2COCCS2(=O)=O)cc1.O=S(=O)(Nc1ccc(Cl)c(-c2nccc3ccccc23)c1)c1ccc(N2COCCS2(=O)=O)cc1. The number of rotatable bonds is 14. The van der Waals surface area contributed by atoms with Crippen LogP contribution < -0.4 is 37.9 Å². The van der Waals surface area contributed by atoms with Crippen LogP contribution in [0.25, 0.3) is 54.5 Å². The van der Waals surface area contributed by atoms with Crippen LogP contribution in [0.1, 0.15) is 31.1 Å². The molecule has 0 aliphatic carbocycles. The first-order valence-electron chi connectivity index (χ1n) is 35.7. The molecule has 4 N–H and O–H groups in total. The number of fused-ring (bicyclic) bond motifs is 4. The number of carbonyl (C=O) groups excluding carboxylic acids is 3. The Kier molecular flexibility index (Phi) is 24.2. The van der Waals surface area contributed by atoms with E-state index in [-0.39, 0.29) is 99.0 Å². The first kappa shape index (κ1) is 80.5. The highest BCUT2D eigenvalue weighted by Crippen LogP contribution is 2.36. The zero-order chi connectivity index (χ0) is 81.2. The van der Waals surface area contributed by atoms with Gasteiger partial charge in [0.15, 0.2) is 0 Å². The molecule has 17 rings (SSSR count). The third-order valence-corrected chi connectivity index (χ3v) is 27.0. The second kappa shape index (κ2) is 34.9. The molecule has 594 valence electrons. The van der Waals surface area contributed by atoms with Crippen LogP contribution in [-0.4, -0.2) is 156 Å². The average molecular weight is 1680 g/mol. The van der Waals surface area contributed by atoms with Gasteiger partial charge in [-0.15, -0.1) is 0 Å². The Morgan fingerprint density at radius 1 is 0.371 bits per heavy atom. The van der Waals surface area contributed by atoms with E-state index in [1.165, 1.54) is 37.2 Å². The van der Waals surface area contributed by atoms with Crippen LogP contribution in [0.3, 0.4) is 0 Å². The molecule has 35 heteroatoms. The first-order valence-corrected chi connectivity index (χ1v) is 44.0. The van der Waals surface area contributed by atoms with E-state index in [9.17, 15) is 56.5 Å². The molecular formula is C81H71ClN12O17S5. The van der Waals surface area contributed by atoms with Crippen LogP contribution in [0, 0.1) is 0 Å². The minimum atomic E-state index is -3.96. The molecule has 9 aromatic carbocycles. The molecule has 116 heavy (non-hydrogen) atoms. The van der Waals surface area contributed by atoms with Crippen molar-refractivity contribution < 1.29 is 75.4 Å². The van der Waals surface area contributed by atoms with Gasteiger partial charge < -0.3 is 34.9 Å². The van der Waals surface area contributed by atoms with Gasteiger partial charge >= 0.3 is 0 Å². The highest BCUT2D eigenvalue weighted by atomic mass is 35.5. The number of benzene rings is 9. The molecule has 4 aromatic heterocycles. The van der Waals surface area contributed by atoms with Gasteiger partial charge in [-0.1, -0.05) is 60.1 Å². The standard InChI is InChI=1S/C24H20ClN3O5S2.3C19H17N3O4S/c25-23-10-5-18(15-22(23)24-21-4-2-1-3-17(21)11-12-26-24)27-35(31,32)20-8-6-19(7-9-20)28-16-33-13-14-34(28,29)30;23-19(21-17-4-1-16-12-20-8-7-15(16)11-17)14-2-5-18(6-3-14)22-13-26-9-10-27(22,24)25;23-19(21-17-4-1-14-7-8-20-12-16(14)11-17)15-2-5-18(6-3-15)22-13-26-9-10-27(22,24)25;23-19(21-16-6-3-14-2-1-9-20-18(14)12-16)15-4-7-17(8-5-15)22-13-26-10-11-27(22,24)25/h1-12,15,27H,13-14,16H2;2*1-8,11-12H,9-10,13H2,(H,21,23);1-9,12H,10-11,13H2,(H,21,23). The van der Waals surface area contributed by atoms with E-state index in [0.717, 1.165) is 47.5 Å². The molecule has 4 aliphatic rings. The van der Waals surface area contributed by atoms with Crippen LogP contribution in [-0.2, 0) is 69.1 Å².